The molecule has 0 bridgehead atoms. The summed E-state index contributed by atoms with van der Waals surface area (Å²) in [6.45, 7) is 8.93. The lowest BCUT2D eigenvalue weighted by atomic mass is 10.1. The van der Waals surface area contributed by atoms with Gasteiger partial charge in [0.05, 0.1) is 11.3 Å². The lowest BCUT2D eigenvalue weighted by molar-refractivity contribution is 0.318. The minimum Gasteiger partial charge on any atom is -0.409 e. The van der Waals surface area contributed by atoms with E-state index in [0.717, 1.165) is 24.2 Å². The molecular formula is C13H23N5O. The number of nitrogens with two attached hydrogens (primary N) is 1. The van der Waals surface area contributed by atoms with E-state index >= 15 is 0 Å². The Morgan fingerprint density at radius 1 is 1.42 bits per heavy atom. The highest BCUT2D eigenvalue weighted by atomic mass is 16.4. The molecule has 6 heteroatoms. The Morgan fingerprint density at radius 3 is 2.58 bits per heavy atom. The Labute approximate surface area is 114 Å². The zero-order valence-electron chi connectivity index (χ0n) is 12.3. The summed E-state index contributed by atoms with van der Waals surface area (Å²) in [5.74, 6) is 1.26. The molecule has 0 aliphatic carbocycles. The van der Waals surface area contributed by atoms with Crippen LogP contribution < -0.4 is 10.6 Å². The van der Waals surface area contributed by atoms with Gasteiger partial charge in [-0.1, -0.05) is 25.4 Å². The largest absolute Gasteiger partial charge is 0.409 e. The molecule has 0 spiro atoms. The number of oxime groups is 1. The summed E-state index contributed by atoms with van der Waals surface area (Å²) in [4.78, 5) is 2.00. The molecule has 0 aliphatic rings. The van der Waals surface area contributed by atoms with Gasteiger partial charge in [-0.15, -0.1) is 5.10 Å². The summed E-state index contributed by atoms with van der Waals surface area (Å²) in [7, 11) is 1.94. The standard InChI is InChI=1S/C13H23N5O/c1-6-8(2)7-18(5)13-11(12(14)17-19)9(3)10(4)15-16-13/h8,19H,6-7H2,1-5H3,(H2,14,17). The second kappa shape index (κ2) is 6.36. The highest BCUT2D eigenvalue weighted by Gasteiger charge is 2.19. The van der Waals surface area contributed by atoms with Crippen LogP contribution in [-0.2, 0) is 0 Å². The first-order valence-corrected chi connectivity index (χ1v) is 6.45. The summed E-state index contributed by atoms with van der Waals surface area (Å²) in [5, 5.41) is 20.4. The van der Waals surface area contributed by atoms with Gasteiger partial charge < -0.3 is 15.8 Å². The van der Waals surface area contributed by atoms with Crippen molar-refractivity contribution in [2.45, 2.75) is 34.1 Å². The third kappa shape index (κ3) is 3.33. The minimum absolute atomic E-state index is 0.0708. The van der Waals surface area contributed by atoms with Crippen LogP contribution in [0.5, 0.6) is 0 Å². The second-order valence-corrected chi connectivity index (χ2v) is 4.99. The van der Waals surface area contributed by atoms with Crippen LogP contribution in [0.15, 0.2) is 5.16 Å². The van der Waals surface area contributed by atoms with Crippen molar-refractivity contribution in [3.05, 3.63) is 16.8 Å². The second-order valence-electron chi connectivity index (χ2n) is 4.99. The average Bonchev–Trinajstić information content (AvgIpc) is 2.40. The Hall–Kier alpha value is -1.85. The molecule has 1 atom stereocenters. The number of hydrogen-bond acceptors (Lipinski definition) is 5. The van der Waals surface area contributed by atoms with Crippen molar-refractivity contribution in [2.75, 3.05) is 18.5 Å². The summed E-state index contributed by atoms with van der Waals surface area (Å²) in [6.07, 6.45) is 1.08. The number of rotatable bonds is 5. The van der Waals surface area contributed by atoms with Gasteiger partial charge in [-0.05, 0) is 25.3 Å². The van der Waals surface area contributed by atoms with E-state index in [4.69, 9.17) is 10.9 Å². The van der Waals surface area contributed by atoms with Gasteiger partial charge in [0.1, 0.15) is 0 Å². The van der Waals surface area contributed by atoms with E-state index in [1.165, 1.54) is 0 Å². The Bertz CT molecular complexity index is 472. The van der Waals surface area contributed by atoms with Crippen molar-refractivity contribution >= 4 is 11.7 Å². The fraction of sp³-hybridized carbons (Fsp3) is 0.615. The molecule has 0 saturated carbocycles. The molecule has 0 aliphatic heterocycles. The van der Waals surface area contributed by atoms with Crippen LogP contribution in [0.4, 0.5) is 5.82 Å². The zero-order chi connectivity index (χ0) is 14.6. The number of amidine groups is 1. The first kappa shape index (κ1) is 15.2. The van der Waals surface area contributed by atoms with Gasteiger partial charge in [-0.25, -0.2) is 0 Å². The van der Waals surface area contributed by atoms with Gasteiger partial charge in [-0.3, -0.25) is 0 Å². The summed E-state index contributed by atoms with van der Waals surface area (Å²) < 4.78 is 0. The van der Waals surface area contributed by atoms with Crippen molar-refractivity contribution in [3.63, 3.8) is 0 Å². The van der Waals surface area contributed by atoms with Crippen molar-refractivity contribution in [3.8, 4) is 0 Å². The highest BCUT2D eigenvalue weighted by molar-refractivity contribution is 6.02. The molecule has 19 heavy (non-hydrogen) atoms. The normalized spacial score (nSPS) is 13.4. The Balaban J connectivity index is 3.24. The van der Waals surface area contributed by atoms with E-state index in [1.807, 2.05) is 25.8 Å². The first-order valence-electron chi connectivity index (χ1n) is 6.45. The monoisotopic (exact) mass is 265 g/mol. The van der Waals surface area contributed by atoms with E-state index in [2.05, 4.69) is 29.2 Å². The molecule has 0 fully saturated rings. The zero-order valence-corrected chi connectivity index (χ0v) is 12.3. The molecule has 0 aromatic carbocycles. The number of aromatic nitrogens is 2. The fourth-order valence-electron chi connectivity index (χ4n) is 1.90. The lowest BCUT2D eigenvalue weighted by Gasteiger charge is -2.24. The predicted molar refractivity (Wildman–Crippen MR) is 76.7 cm³/mol. The third-order valence-corrected chi connectivity index (χ3v) is 3.44. The van der Waals surface area contributed by atoms with Crippen molar-refractivity contribution in [2.24, 2.45) is 16.8 Å². The van der Waals surface area contributed by atoms with Crippen LogP contribution in [0.3, 0.4) is 0 Å². The van der Waals surface area contributed by atoms with Crippen LogP contribution in [-0.4, -0.2) is 34.8 Å². The summed E-state index contributed by atoms with van der Waals surface area (Å²) >= 11 is 0. The topological polar surface area (TPSA) is 87.6 Å². The average molecular weight is 265 g/mol. The van der Waals surface area contributed by atoms with Crippen LogP contribution >= 0.6 is 0 Å². The van der Waals surface area contributed by atoms with Gasteiger partial charge >= 0.3 is 0 Å². The predicted octanol–water partition coefficient (Wildman–Crippen LogP) is 1.67. The fourth-order valence-corrected chi connectivity index (χ4v) is 1.90. The van der Waals surface area contributed by atoms with Gasteiger partial charge in [0.15, 0.2) is 11.7 Å². The maximum Gasteiger partial charge on any atom is 0.174 e. The van der Waals surface area contributed by atoms with Crippen LogP contribution in [0, 0.1) is 19.8 Å². The Morgan fingerprint density at radius 2 is 2.05 bits per heavy atom. The Kier molecular flexibility index (Phi) is 5.09. The van der Waals surface area contributed by atoms with Crippen LogP contribution in [0.2, 0.25) is 0 Å². The molecule has 1 unspecified atom stereocenters. The van der Waals surface area contributed by atoms with Crippen molar-refractivity contribution < 1.29 is 5.21 Å². The smallest absolute Gasteiger partial charge is 0.174 e. The maximum absolute atomic E-state index is 8.93. The summed E-state index contributed by atoms with van der Waals surface area (Å²) in [5.41, 5.74) is 8.09. The molecule has 1 heterocycles. The van der Waals surface area contributed by atoms with E-state index in [-0.39, 0.29) is 5.84 Å². The quantitative estimate of drug-likeness (QED) is 0.366. The van der Waals surface area contributed by atoms with Crippen molar-refractivity contribution in [1.82, 2.24) is 10.2 Å². The van der Waals surface area contributed by atoms with Gasteiger partial charge in [0.2, 0.25) is 0 Å². The van der Waals surface area contributed by atoms with E-state index in [1.54, 1.807) is 0 Å². The molecule has 0 saturated heterocycles. The number of anilines is 1. The summed E-state index contributed by atoms with van der Waals surface area (Å²) in [6, 6.07) is 0. The van der Waals surface area contributed by atoms with Crippen LogP contribution in [0.25, 0.3) is 0 Å². The number of nitrogens with zero attached hydrogens (tertiary/aromatic N) is 4. The van der Waals surface area contributed by atoms with E-state index in [0.29, 0.717) is 17.3 Å². The lowest BCUT2D eigenvalue weighted by Crippen LogP contribution is -2.29. The molecule has 1 aromatic heterocycles. The molecule has 106 valence electrons. The van der Waals surface area contributed by atoms with Gasteiger partial charge in [0.25, 0.3) is 0 Å². The maximum atomic E-state index is 8.93. The molecular weight excluding hydrogens is 242 g/mol. The third-order valence-electron chi connectivity index (χ3n) is 3.44. The molecule has 0 radical (unpaired) electrons. The van der Waals surface area contributed by atoms with Crippen LogP contribution in [0.1, 0.15) is 37.1 Å². The van der Waals surface area contributed by atoms with Gasteiger partial charge in [-0.2, -0.15) is 5.10 Å². The molecule has 6 nitrogen and oxygen atoms in total. The SMILES string of the molecule is CCC(C)CN(C)c1nnc(C)c(C)c1/C(N)=N/O. The van der Waals surface area contributed by atoms with Gasteiger partial charge in [0, 0.05) is 13.6 Å². The molecule has 3 N–H and O–H groups in total. The molecule has 1 rings (SSSR count). The van der Waals surface area contributed by atoms with Crippen molar-refractivity contribution in [1.29, 1.82) is 0 Å². The minimum atomic E-state index is 0.0708. The van der Waals surface area contributed by atoms with E-state index in [9.17, 15) is 0 Å². The number of hydrogen-bond donors (Lipinski definition) is 2. The number of aryl methyl sites for hydroxylation is 1. The van der Waals surface area contributed by atoms with E-state index < -0.39 is 0 Å². The first-order chi connectivity index (χ1) is 8.92. The highest BCUT2D eigenvalue weighted by Crippen LogP contribution is 2.22. The molecule has 1 aromatic rings. The molecule has 0 amide bonds.